The normalized spacial score (nSPS) is 17.7. The van der Waals surface area contributed by atoms with Crippen LogP contribution in [0.3, 0.4) is 0 Å². The number of rotatable bonds is 2. The molecule has 1 fully saturated rings. The highest BCUT2D eigenvalue weighted by atomic mass is 16.5. The first kappa shape index (κ1) is 18.1. The molecule has 29 heavy (non-hydrogen) atoms. The number of carbonyl (C=O) groups is 1. The second kappa shape index (κ2) is 7.49. The SMILES string of the molecule is O=C(N1Cc2ccccc2-c2ccccc2C1)C1(c2ccccc2)CCOCC1. The zero-order valence-electron chi connectivity index (χ0n) is 16.5. The van der Waals surface area contributed by atoms with Crippen LogP contribution in [0.15, 0.2) is 78.9 Å². The summed E-state index contributed by atoms with van der Waals surface area (Å²) in [4.78, 5) is 16.2. The molecule has 3 nitrogen and oxygen atoms in total. The fourth-order valence-electron chi connectivity index (χ4n) is 4.86. The molecule has 0 N–H and O–H groups in total. The van der Waals surface area contributed by atoms with Crippen LogP contribution in [-0.4, -0.2) is 24.0 Å². The maximum Gasteiger partial charge on any atom is 0.234 e. The van der Waals surface area contributed by atoms with E-state index in [0.29, 0.717) is 26.3 Å². The maximum absolute atomic E-state index is 14.1. The number of amides is 1. The number of hydrogen-bond acceptors (Lipinski definition) is 2. The van der Waals surface area contributed by atoms with Gasteiger partial charge in [-0.05, 0) is 40.7 Å². The lowest BCUT2D eigenvalue weighted by Gasteiger charge is -2.40. The summed E-state index contributed by atoms with van der Waals surface area (Å²) >= 11 is 0. The minimum absolute atomic E-state index is 0.221. The van der Waals surface area contributed by atoms with Gasteiger partial charge in [0.2, 0.25) is 5.91 Å². The smallest absolute Gasteiger partial charge is 0.234 e. The average molecular weight is 383 g/mol. The quantitative estimate of drug-likeness (QED) is 0.627. The summed E-state index contributed by atoms with van der Waals surface area (Å²) in [5.74, 6) is 0.221. The number of carbonyl (C=O) groups excluding carboxylic acids is 1. The van der Waals surface area contributed by atoms with E-state index in [1.807, 2.05) is 18.2 Å². The second-order valence-corrected chi connectivity index (χ2v) is 8.04. The van der Waals surface area contributed by atoms with E-state index in [-0.39, 0.29) is 5.91 Å². The van der Waals surface area contributed by atoms with Crippen LogP contribution in [-0.2, 0) is 28.0 Å². The van der Waals surface area contributed by atoms with Crippen molar-refractivity contribution < 1.29 is 9.53 Å². The van der Waals surface area contributed by atoms with E-state index < -0.39 is 5.41 Å². The van der Waals surface area contributed by atoms with Crippen molar-refractivity contribution in [3.05, 3.63) is 95.6 Å². The standard InChI is InChI=1S/C26H25NO2/c28-25(26(14-16-29-17-15-26)22-10-2-1-3-11-22)27-18-20-8-4-6-12-23(20)24-13-7-5-9-21(24)19-27/h1-13H,14-19H2. The molecule has 3 aromatic rings. The summed E-state index contributed by atoms with van der Waals surface area (Å²) in [6.07, 6.45) is 1.46. The number of benzene rings is 3. The van der Waals surface area contributed by atoms with Crippen LogP contribution in [0.1, 0.15) is 29.5 Å². The predicted molar refractivity (Wildman–Crippen MR) is 114 cm³/mol. The molecule has 3 heteroatoms. The fourth-order valence-corrected chi connectivity index (χ4v) is 4.86. The molecule has 0 bridgehead atoms. The Morgan fingerprint density at radius 2 is 1.24 bits per heavy atom. The Hall–Kier alpha value is -2.91. The zero-order chi connectivity index (χ0) is 19.7. The Kier molecular flexibility index (Phi) is 4.69. The Morgan fingerprint density at radius 3 is 1.83 bits per heavy atom. The van der Waals surface area contributed by atoms with Gasteiger partial charge in [-0.25, -0.2) is 0 Å². The molecule has 1 saturated heterocycles. The molecule has 0 unspecified atom stereocenters. The van der Waals surface area contributed by atoms with Gasteiger partial charge >= 0.3 is 0 Å². The molecule has 0 spiro atoms. The minimum atomic E-state index is -0.506. The maximum atomic E-state index is 14.1. The average Bonchev–Trinajstić information content (AvgIpc) is 2.96. The van der Waals surface area contributed by atoms with Crippen LogP contribution in [0.2, 0.25) is 0 Å². The Morgan fingerprint density at radius 1 is 0.724 bits per heavy atom. The van der Waals surface area contributed by atoms with E-state index in [4.69, 9.17) is 4.74 Å². The second-order valence-electron chi connectivity index (χ2n) is 8.04. The van der Waals surface area contributed by atoms with Crippen LogP contribution in [0.5, 0.6) is 0 Å². The third-order valence-electron chi connectivity index (χ3n) is 6.42. The largest absolute Gasteiger partial charge is 0.381 e. The van der Waals surface area contributed by atoms with Crippen molar-refractivity contribution in [2.75, 3.05) is 13.2 Å². The highest BCUT2D eigenvalue weighted by Gasteiger charge is 2.44. The zero-order valence-corrected chi connectivity index (χ0v) is 16.5. The van der Waals surface area contributed by atoms with E-state index >= 15 is 0 Å². The van der Waals surface area contributed by atoms with Gasteiger partial charge in [0.25, 0.3) is 0 Å². The van der Waals surface area contributed by atoms with Crippen LogP contribution in [0.25, 0.3) is 11.1 Å². The predicted octanol–water partition coefficient (Wildman–Crippen LogP) is 4.94. The molecular formula is C26H25NO2. The molecule has 1 amide bonds. The van der Waals surface area contributed by atoms with Crippen LogP contribution < -0.4 is 0 Å². The lowest BCUT2D eigenvalue weighted by Crippen LogP contribution is -2.49. The molecule has 2 aliphatic heterocycles. The van der Waals surface area contributed by atoms with E-state index in [1.165, 1.54) is 22.3 Å². The van der Waals surface area contributed by atoms with Gasteiger partial charge in [-0.1, -0.05) is 78.9 Å². The van der Waals surface area contributed by atoms with Crippen molar-refractivity contribution in [2.24, 2.45) is 0 Å². The van der Waals surface area contributed by atoms with Gasteiger partial charge in [-0.15, -0.1) is 0 Å². The topological polar surface area (TPSA) is 29.5 Å². The van der Waals surface area contributed by atoms with Crippen LogP contribution in [0, 0.1) is 0 Å². The summed E-state index contributed by atoms with van der Waals surface area (Å²) in [6, 6.07) is 27.2. The number of ether oxygens (including phenoxy) is 1. The summed E-state index contributed by atoms with van der Waals surface area (Å²) in [5.41, 5.74) is 5.49. The molecule has 146 valence electrons. The minimum Gasteiger partial charge on any atom is -0.381 e. The highest BCUT2D eigenvalue weighted by molar-refractivity contribution is 5.89. The van der Waals surface area contributed by atoms with Gasteiger partial charge in [0.1, 0.15) is 0 Å². The number of nitrogens with zero attached hydrogens (tertiary/aromatic N) is 1. The van der Waals surface area contributed by atoms with E-state index in [9.17, 15) is 4.79 Å². The van der Waals surface area contributed by atoms with Gasteiger partial charge in [0.15, 0.2) is 0 Å². The number of hydrogen-bond donors (Lipinski definition) is 0. The van der Waals surface area contributed by atoms with E-state index in [1.54, 1.807) is 0 Å². The first-order valence-electron chi connectivity index (χ1n) is 10.4. The first-order chi connectivity index (χ1) is 14.3. The summed E-state index contributed by atoms with van der Waals surface area (Å²) in [7, 11) is 0. The lowest BCUT2D eigenvalue weighted by atomic mass is 9.73. The Labute approximate surface area is 171 Å². The Balaban J connectivity index is 1.59. The molecule has 0 radical (unpaired) electrons. The first-order valence-corrected chi connectivity index (χ1v) is 10.4. The third-order valence-corrected chi connectivity index (χ3v) is 6.42. The molecule has 5 rings (SSSR count). The van der Waals surface area contributed by atoms with Crippen molar-refractivity contribution in [3.8, 4) is 11.1 Å². The lowest BCUT2D eigenvalue weighted by molar-refractivity contribution is -0.142. The monoisotopic (exact) mass is 383 g/mol. The van der Waals surface area contributed by atoms with Gasteiger partial charge in [-0.3, -0.25) is 4.79 Å². The highest BCUT2D eigenvalue weighted by Crippen LogP contribution is 2.40. The van der Waals surface area contributed by atoms with Gasteiger partial charge in [-0.2, -0.15) is 0 Å². The molecule has 0 aliphatic carbocycles. The van der Waals surface area contributed by atoms with Crippen molar-refractivity contribution in [1.82, 2.24) is 4.90 Å². The Bertz CT molecular complexity index is 974. The number of fused-ring (bicyclic) bond motifs is 3. The molecule has 2 aliphatic rings. The molecule has 0 aromatic heterocycles. The van der Waals surface area contributed by atoms with Gasteiger partial charge < -0.3 is 9.64 Å². The third kappa shape index (κ3) is 3.16. The van der Waals surface area contributed by atoms with E-state index in [2.05, 4.69) is 65.6 Å². The molecule has 3 aromatic carbocycles. The molecular weight excluding hydrogens is 358 g/mol. The van der Waals surface area contributed by atoms with Crippen molar-refractivity contribution in [2.45, 2.75) is 31.3 Å². The van der Waals surface area contributed by atoms with Crippen LogP contribution in [0.4, 0.5) is 0 Å². The molecule has 0 saturated carbocycles. The molecule has 2 heterocycles. The summed E-state index contributed by atoms with van der Waals surface area (Å²) in [5, 5.41) is 0. The van der Waals surface area contributed by atoms with Gasteiger partial charge in [0, 0.05) is 26.3 Å². The van der Waals surface area contributed by atoms with Gasteiger partial charge in [0.05, 0.1) is 5.41 Å². The van der Waals surface area contributed by atoms with Crippen molar-refractivity contribution in [1.29, 1.82) is 0 Å². The summed E-state index contributed by atoms with van der Waals surface area (Å²) in [6.45, 7) is 2.53. The van der Waals surface area contributed by atoms with E-state index in [0.717, 1.165) is 18.4 Å². The van der Waals surface area contributed by atoms with Crippen LogP contribution >= 0.6 is 0 Å². The van der Waals surface area contributed by atoms with Crippen molar-refractivity contribution in [3.63, 3.8) is 0 Å². The van der Waals surface area contributed by atoms with Crippen molar-refractivity contribution >= 4 is 5.91 Å². The summed E-state index contributed by atoms with van der Waals surface area (Å²) < 4.78 is 5.65. The molecule has 0 atom stereocenters. The fraction of sp³-hybridized carbons (Fsp3) is 0.269.